The Balaban J connectivity index is 0.993. The summed E-state index contributed by atoms with van der Waals surface area (Å²) < 4.78 is 41.9. The smallest absolute Gasteiger partial charge is 0.257 e. The molecule has 6 aromatic rings. The molecule has 8 nitrogen and oxygen atoms in total. The number of hydrogen-bond donors (Lipinski definition) is 2. The highest BCUT2D eigenvalue weighted by molar-refractivity contribution is 6.13. The molecule has 0 atom stereocenters. The maximum absolute atomic E-state index is 14.6. The van der Waals surface area contributed by atoms with Crippen molar-refractivity contribution in [1.82, 2.24) is 9.55 Å². The van der Waals surface area contributed by atoms with E-state index < -0.39 is 11.6 Å². The van der Waals surface area contributed by atoms with Crippen LogP contribution in [-0.4, -0.2) is 48.4 Å². The van der Waals surface area contributed by atoms with Crippen molar-refractivity contribution in [3.05, 3.63) is 132 Å². The Labute approximate surface area is 281 Å². The fourth-order valence-corrected chi connectivity index (χ4v) is 6.52. The van der Waals surface area contributed by atoms with Gasteiger partial charge in [0.1, 0.15) is 5.75 Å². The molecule has 49 heavy (non-hydrogen) atoms. The maximum atomic E-state index is 14.6. The summed E-state index contributed by atoms with van der Waals surface area (Å²) >= 11 is 0. The topological polar surface area (TPSA) is 80.6 Å². The van der Waals surface area contributed by atoms with E-state index in [2.05, 4.69) is 32.7 Å². The minimum atomic E-state index is -0.881. The van der Waals surface area contributed by atoms with E-state index in [0.717, 1.165) is 71.4 Å². The molecule has 2 N–H and O–H groups in total. The van der Waals surface area contributed by atoms with Gasteiger partial charge in [0.15, 0.2) is 11.6 Å². The molecule has 1 fully saturated rings. The Morgan fingerprint density at radius 2 is 1.71 bits per heavy atom. The number of carbonyl (C=O) groups is 1. The molecule has 2 aliphatic heterocycles. The zero-order chi connectivity index (χ0) is 33.3. The van der Waals surface area contributed by atoms with E-state index in [1.54, 1.807) is 24.5 Å². The van der Waals surface area contributed by atoms with Crippen LogP contribution in [-0.2, 0) is 17.7 Å². The molecule has 1 amide bonds. The number of halogens is 2. The van der Waals surface area contributed by atoms with Crippen molar-refractivity contribution < 1.29 is 23.0 Å². The van der Waals surface area contributed by atoms with Gasteiger partial charge in [-0.15, -0.1) is 0 Å². The zero-order valence-electron chi connectivity index (χ0n) is 26.6. The highest BCUT2D eigenvalue weighted by Gasteiger charge is 2.21. The summed E-state index contributed by atoms with van der Waals surface area (Å²) in [7, 11) is 0. The molecule has 1 saturated heterocycles. The predicted octanol–water partition coefficient (Wildman–Crippen LogP) is 7.80. The highest BCUT2D eigenvalue weighted by Crippen LogP contribution is 2.38. The fourth-order valence-electron chi connectivity index (χ4n) is 6.52. The van der Waals surface area contributed by atoms with Crippen molar-refractivity contribution in [2.75, 3.05) is 48.4 Å². The normalized spacial score (nSPS) is 14.1. The summed E-state index contributed by atoms with van der Waals surface area (Å²) in [6, 6.07) is 25.9. The number of fused-ring (bicyclic) bond motifs is 3. The Kier molecular flexibility index (Phi) is 8.14. The van der Waals surface area contributed by atoms with Gasteiger partial charge in [0.25, 0.3) is 5.91 Å². The van der Waals surface area contributed by atoms with Crippen LogP contribution in [0.1, 0.15) is 21.5 Å². The molecule has 0 bridgehead atoms. The van der Waals surface area contributed by atoms with Gasteiger partial charge >= 0.3 is 0 Å². The molecular weight excluding hydrogens is 624 g/mol. The van der Waals surface area contributed by atoms with Gasteiger partial charge in [0.05, 0.1) is 60.7 Å². The summed E-state index contributed by atoms with van der Waals surface area (Å²) in [6.45, 7) is 3.91. The maximum Gasteiger partial charge on any atom is 0.257 e. The average molecular weight is 658 g/mol. The van der Waals surface area contributed by atoms with Crippen molar-refractivity contribution in [2.24, 2.45) is 0 Å². The summed E-state index contributed by atoms with van der Waals surface area (Å²) in [5.74, 6) is -1.14. The second-order valence-electron chi connectivity index (χ2n) is 12.2. The summed E-state index contributed by atoms with van der Waals surface area (Å²) in [4.78, 5) is 20.0. The first-order chi connectivity index (χ1) is 24.0. The van der Waals surface area contributed by atoms with Crippen molar-refractivity contribution in [3.8, 4) is 16.9 Å². The molecule has 2 aliphatic rings. The van der Waals surface area contributed by atoms with E-state index in [0.29, 0.717) is 30.0 Å². The van der Waals surface area contributed by atoms with Gasteiger partial charge in [-0.1, -0.05) is 24.3 Å². The highest BCUT2D eigenvalue weighted by atomic mass is 19.2. The van der Waals surface area contributed by atoms with Crippen molar-refractivity contribution in [3.63, 3.8) is 0 Å². The lowest BCUT2D eigenvalue weighted by molar-refractivity contribution is 0.102. The van der Waals surface area contributed by atoms with Gasteiger partial charge < -0.3 is 29.6 Å². The van der Waals surface area contributed by atoms with Crippen LogP contribution < -0.4 is 20.3 Å². The molecule has 10 heteroatoms. The number of nitrogens with one attached hydrogen (secondary N) is 2. The van der Waals surface area contributed by atoms with Gasteiger partial charge in [-0.3, -0.25) is 9.78 Å². The molecule has 2 aromatic heterocycles. The monoisotopic (exact) mass is 657 g/mol. The van der Waals surface area contributed by atoms with E-state index in [9.17, 15) is 13.6 Å². The lowest BCUT2D eigenvalue weighted by Gasteiger charge is -2.28. The third-order valence-corrected chi connectivity index (χ3v) is 9.11. The SMILES string of the molecule is O=C1Nc2cc(CCOc3ccc(N4CCOCC4)cc3)ccc2Nc2cc(-c3cn(Cc4cccc(F)c4F)c4cnccc34)ccc21. The molecule has 4 aromatic carbocycles. The molecule has 0 unspecified atom stereocenters. The number of rotatable bonds is 8. The fraction of sp³-hybridized carbons (Fsp3) is 0.179. The molecule has 0 spiro atoms. The van der Waals surface area contributed by atoms with Crippen molar-refractivity contribution in [1.29, 1.82) is 0 Å². The van der Waals surface area contributed by atoms with Crippen LogP contribution in [0.5, 0.6) is 5.75 Å². The number of pyridine rings is 1. The summed E-state index contributed by atoms with van der Waals surface area (Å²) in [5, 5.41) is 7.42. The Morgan fingerprint density at radius 3 is 2.57 bits per heavy atom. The minimum Gasteiger partial charge on any atom is -0.493 e. The second kappa shape index (κ2) is 13.0. The number of ether oxygens (including phenoxy) is 2. The van der Waals surface area contributed by atoms with Gasteiger partial charge in [0.2, 0.25) is 0 Å². The Hall–Kier alpha value is -5.74. The molecular formula is C39H33F2N5O3. The Morgan fingerprint density at radius 1 is 0.857 bits per heavy atom. The van der Waals surface area contributed by atoms with Crippen LogP contribution in [0.15, 0.2) is 104 Å². The predicted molar refractivity (Wildman–Crippen MR) is 187 cm³/mol. The summed E-state index contributed by atoms with van der Waals surface area (Å²) in [6.07, 6.45) is 6.00. The third kappa shape index (κ3) is 6.18. The Bertz CT molecular complexity index is 2180. The van der Waals surface area contributed by atoms with Crippen molar-refractivity contribution >= 4 is 39.6 Å². The second-order valence-corrected chi connectivity index (χ2v) is 12.2. The molecule has 246 valence electrons. The largest absolute Gasteiger partial charge is 0.493 e. The lowest BCUT2D eigenvalue weighted by atomic mass is 10.0. The number of aromatic nitrogens is 2. The third-order valence-electron chi connectivity index (χ3n) is 9.11. The lowest BCUT2D eigenvalue weighted by Crippen LogP contribution is -2.36. The van der Waals surface area contributed by atoms with Gasteiger partial charge in [0, 0.05) is 54.1 Å². The van der Waals surface area contributed by atoms with Crippen LogP contribution in [0.3, 0.4) is 0 Å². The van der Waals surface area contributed by atoms with E-state index in [-0.39, 0.29) is 18.0 Å². The van der Waals surface area contributed by atoms with Crippen LogP contribution >= 0.6 is 0 Å². The molecule has 0 radical (unpaired) electrons. The first-order valence-corrected chi connectivity index (χ1v) is 16.3. The van der Waals surface area contributed by atoms with Crippen molar-refractivity contribution in [2.45, 2.75) is 13.0 Å². The van der Waals surface area contributed by atoms with E-state index in [1.807, 2.05) is 59.3 Å². The number of anilines is 4. The van der Waals surface area contributed by atoms with E-state index in [4.69, 9.17) is 9.47 Å². The minimum absolute atomic E-state index is 0.138. The molecule has 4 heterocycles. The molecule has 0 saturated carbocycles. The molecule has 0 aliphatic carbocycles. The van der Waals surface area contributed by atoms with Crippen LogP contribution in [0.25, 0.3) is 22.0 Å². The van der Waals surface area contributed by atoms with Gasteiger partial charge in [-0.25, -0.2) is 8.78 Å². The van der Waals surface area contributed by atoms with Crippen LogP contribution in [0.2, 0.25) is 0 Å². The van der Waals surface area contributed by atoms with E-state index in [1.165, 1.54) is 11.8 Å². The molecule has 8 rings (SSSR count). The number of hydrogen-bond acceptors (Lipinski definition) is 6. The van der Waals surface area contributed by atoms with Gasteiger partial charge in [-0.2, -0.15) is 0 Å². The average Bonchev–Trinajstić information content (AvgIpc) is 3.43. The number of morpholine rings is 1. The first kappa shape index (κ1) is 30.6. The van der Waals surface area contributed by atoms with Gasteiger partial charge in [-0.05, 0) is 71.8 Å². The summed E-state index contributed by atoms with van der Waals surface area (Å²) in [5.41, 5.74) is 7.62. The number of carbonyl (C=O) groups excluding carboxylic acids is 1. The van der Waals surface area contributed by atoms with E-state index >= 15 is 0 Å². The number of amides is 1. The zero-order valence-corrected chi connectivity index (χ0v) is 26.6. The quantitative estimate of drug-likeness (QED) is 0.174. The number of benzene rings is 4. The van der Waals surface area contributed by atoms with Crippen LogP contribution in [0, 0.1) is 11.6 Å². The van der Waals surface area contributed by atoms with Crippen LogP contribution in [0.4, 0.5) is 31.5 Å². The standard InChI is InChI=1S/C39H33F2N5O3/c40-33-3-1-2-27(38(33)41)23-46-24-32(30-12-14-42-22-37(30)46)26-5-10-31-35(21-26)43-34-11-4-25(20-36(34)44-39(31)47)13-17-49-29-8-6-28(7-9-29)45-15-18-48-19-16-45/h1-12,14,20-22,24,43H,13,15-19,23H2,(H,44,47). The number of nitrogens with zero attached hydrogens (tertiary/aromatic N) is 3. The first-order valence-electron chi connectivity index (χ1n) is 16.3.